The van der Waals surface area contributed by atoms with E-state index in [1.807, 2.05) is 18.2 Å². The summed E-state index contributed by atoms with van der Waals surface area (Å²) in [7, 11) is 0.228. The molecule has 3 nitrogen and oxygen atoms in total. The van der Waals surface area contributed by atoms with Crippen molar-refractivity contribution in [3.8, 4) is 0 Å². The maximum Gasteiger partial charge on any atom is 0.239 e. The van der Waals surface area contributed by atoms with Gasteiger partial charge in [-0.1, -0.05) is 35.9 Å². The monoisotopic (exact) mass is 339 g/mol. The number of hydrogen-bond acceptors (Lipinski definition) is 2. The molecule has 0 bridgehead atoms. The summed E-state index contributed by atoms with van der Waals surface area (Å²) in [6.45, 7) is 0. The average molecular weight is 340 g/mol. The number of rotatable bonds is 5. The van der Waals surface area contributed by atoms with Gasteiger partial charge in [-0.15, -0.1) is 0 Å². The van der Waals surface area contributed by atoms with E-state index >= 15 is 0 Å². The minimum Gasteiger partial charge on any atom is -0.315 e. The summed E-state index contributed by atoms with van der Waals surface area (Å²) in [5.74, 6) is -0.686. The summed E-state index contributed by atoms with van der Waals surface area (Å²) in [6.07, 6.45) is 0. The van der Waals surface area contributed by atoms with Crippen LogP contribution in [0, 0.1) is 5.82 Å². The van der Waals surface area contributed by atoms with Crippen LogP contribution in [0.2, 0.25) is 5.02 Å². The number of nitrogens with zero attached hydrogens (tertiary/aromatic N) is 1. The Morgan fingerprint density at radius 3 is 2.55 bits per heavy atom. The molecule has 0 aromatic heterocycles. The Hall–Kier alpha value is -1.72. The highest BCUT2D eigenvalue weighted by Gasteiger charge is 2.15. The van der Waals surface area contributed by atoms with Crippen LogP contribution in [-0.4, -0.2) is 22.9 Å². The van der Waals surface area contributed by atoms with Gasteiger partial charge in [-0.2, -0.15) is 0 Å². The summed E-state index contributed by atoms with van der Waals surface area (Å²) < 4.78 is 25.1. The van der Waals surface area contributed by atoms with Crippen molar-refractivity contribution >= 4 is 34.0 Å². The largest absolute Gasteiger partial charge is 0.315 e. The lowest BCUT2D eigenvalue weighted by Gasteiger charge is -2.17. The van der Waals surface area contributed by atoms with E-state index in [0.717, 1.165) is 5.69 Å². The van der Waals surface area contributed by atoms with Gasteiger partial charge < -0.3 is 4.90 Å². The molecule has 0 saturated heterocycles. The van der Waals surface area contributed by atoms with Gasteiger partial charge in [0.1, 0.15) is 11.6 Å². The molecule has 0 spiro atoms. The molecule has 0 radical (unpaired) electrons. The molecule has 0 N–H and O–H groups in total. The quantitative estimate of drug-likeness (QED) is 0.837. The third-order valence-corrected chi connectivity index (χ3v) is 4.69. The molecule has 1 atom stereocenters. The van der Waals surface area contributed by atoms with Crippen molar-refractivity contribution in [2.45, 2.75) is 5.75 Å². The van der Waals surface area contributed by atoms with Gasteiger partial charge in [0, 0.05) is 28.6 Å². The van der Waals surface area contributed by atoms with Crippen molar-refractivity contribution in [3.05, 3.63) is 64.9 Å². The van der Waals surface area contributed by atoms with Crippen LogP contribution >= 0.6 is 11.6 Å². The molecule has 2 rings (SSSR count). The van der Waals surface area contributed by atoms with Crippen LogP contribution < -0.4 is 4.90 Å². The second-order valence-electron chi connectivity index (χ2n) is 4.75. The molecule has 0 aliphatic carbocycles. The molecule has 0 aliphatic heterocycles. The Morgan fingerprint density at radius 1 is 1.23 bits per heavy atom. The standard InChI is InChI=1S/C16H15ClFNO2S/c1-19(14-5-3-2-4-6-14)16(20)11-22(21)10-12-7-8-13(18)9-15(12)17/h2-9H,10-11H2,1H3/t22-/m1/s1. The van der Waals surface area contributed by atoms with Crippen molar-refractivity contribution < 1.29 is 13.4 Å². The first-order valence-electron chi connectivity index (χ1n) is 6.58. The lowest BCUT2D eigenvalue weighted by atomic mass is 10.2. The first-order chi connectivity index (χ1) is 10.5. The maximum atomic E-state index is 13.0. The number of amides is 1. The van der Waals surface area contributed by atoms with Gasteiger partial charge >= 0.3 is 0 Å². The summed E-state index contributed by atoms with van der Waals surface area (Å²) in [5, 5.41) is 0.220. The molecular weight excluding hydrogens is 325 g/mol. The van der Waals surface area contributed by atoms with E-state index in [4.69, 9.17) is 11.6 Å². The van der Waals surface area contributed by atoms with E-state index in [9.17, 15) is 13.4 Å². The fourth-order valence-corrected chi connectivity index (χ4v) is 3.38. The van der Waals surface area contributed by atoms with Crippen molar-refractivity contribution in [1.82, 2.24) is 0 Å². The number of carbonyl (C=O) groups is 1. The van der Waals surface area contributed by atoms with Gasteiger partial charge in [-0.05, 0) is 29.8 Å². The normalized spacial score (nSPS) is 12.0. The Kier molecular flexibility index (Phi) is 5.69. The van der Waals surface area contributed by atoms with Crippen LogP contribution in [0.1, 0.15) is 5.56 Å². The number of benzene rings is 2. The van der Waals surface area contributed by atoms with Crippen LogP contribution in [0.15, 0.2) is 48.5 Å². The highest BCUT2D eigenvalue weighted by Crippen LogP contribution is 2.19. The van der Waals surface area contributed by atoms with E-state index in [1.165, 1.54) is 23.1 Å². The number of carbonyl (C=O) groups excluding carboxylic acids is 1. The highest BCUT2D eigenvalue weighted by molar-refractivity contribution is 7.85. The van der Waals surface area contributed by atoms with Crippen LogP contribution in [0.25, 0.3) is 0 Å². The van der Waals surface area contributed by atoms with Crippen LogP contribution in [-0.2, 0) is 21.3 Å². The second kappa shape index (κ2) is 7.51. The Labute approximate surface area is 136 Å². The number of halogens is 2. The van der Waals surface area contributed by atoms with E-state index in [2.05, 4.69) is 0 Å². The van der Waals surface area contributed by atoms with Gasteiger partial charge in [-0.3, -0.25) is 9.00 Å². The zero-order chi connectivity index (χ0) is 16.1. The van der Waals surface area contributed by atoms with Gasteiger partial charge in [0.15, 0.2) is 0 Å². The molecule has 1 amide bonds. The summed E-state index contributed by atoms with van der Waals surface area (Å²) >= 11 is 5.90. The lowest BCUT2D eigenvalue weighted by Crippen LogP contribution is -2.31. The second-order valence-corrected chi connectivity index (χ2v) is 6.62. The fraction of sp³-hybridized carbons (Fsp3) is 0.188. The molecule has 0 aliphatic rings. The van der Waals surface area contributed by atoms with Crippen LogP contribution in [0.5, 0.6) is 0 Å². The van der Waals surface area contributed by atoms with E-state index in [1.54, 1.807) is 19.2 Å². The third kappa shape index (κ3) is 4.39. The van der Waals surface area contributed by atoms with Crippen molar-refractivity contribution in [3.63, 3.8) is 0 Å². The zero-order valence-electron chi connectivity index (χ0n) is 12.0. The summed E-state index contributed by atoms with van der Waals surface area (Å²) in [4.78, 5) is 13.6. The first-order valence-corrected chi connectivity index (χ1v) is 8.44. The Bertz CT molecular complexity index is 694. The van der Waals surface area contributed by atoms with E-state index in [-0.39, 0.29) is 22.4 Å². The van der Waals surface area contributed by atoms with Gasteiger partial charge in [0.05, 0.1) is 5.75 Å². The number of hydrogen-bond donors (Lipinski definition) is 0. The number of para-hydroxylation sites is 1. The molecule has 6 heteroatoms. The molecule has 116 valence electrons. The molecule has 0 fully saturated rings. The molecular formula is C16H15ClFNO2S. The van der Waals surface area contributed by atoms with E-state index in [0.29, 0.717) is 5.56 Å². The molecule has 0 unspecified atom stereocenters. The lowest BCUT2D eigenvalue weighted by molar-refractivity contribution is -0.115. The van der Waals surface area contributed by atoms with Crippen LogP contribution in [0.4, 0.5) is 10.1 Å². The topological polar surface area (TPSA) is 37.4 Å². The van der Waals surface area contributed by atoms with Crippen LogP contribution in [0.3, 0.4) is 0 Å². The molecule has 0 heterocycles. The minimum absolute atomic E-state index is 0.112. The van der Waals surface area contributed by atoms with Gasteiger partial charge in [0.25, 0.3) is 0 Å². The van der Waals surface area contributed by atoms with E-state index < -0.39 is 16.6 Å². The average Bonchev–Trinajstić information content (AvgIpc) is 2.50. The molecule has 2 aromatic rings. The summed E-state index contributed by atoms with van der Waals surface area (Å²) in [6, 6.07) is 13.0. The Morgan fingerprint density at radius 2 is 1.91 bits per heavy atom. The molecule has 22 heavy (non-hydrogen) atoms. The molecule has 0 saturated carbocycles. The zero-order valence-corrected chi connectivity index (χ0v) is 13.5. The van der Waals surface area contributed by atoms with Crippen molar-refractivity contribution in [2.24, 2.45) is 0 Å². The smallest absolute Gasteiger partial charge is 0.239 e. The predicted octanol–water partition coefficient (Wildman–Crippen LogP) is 3.39. The highest BCUT2D eigenvalue weighted by atomic mass is 35.5. The summed E-state index contributed by atoms with van der Waals surface area (Å²) in [5.41, 5.74) is 1.31. The SMILES string of the molecule is CN(C(=O)C[S@](=O)Cc1ccc(F)cc1Cl)c1ccccc1. The third-order valence-electron chi connectivity index (χ3n) is 3.13. The Balaban J connectivity index is 1.98. The maximum absolute atomic E-state index is 13.0. The predicted molar refractivity (Wildman–Crippen MR) is 88.0 cm³/mol. The first kappa shape index (κ1) is 16.6. The number of anilines is 1. The van der Waals surface area contributed by atoms with Gasteiger partial charge in [-0.25, -0.2) is 4.39 Å². The minimum atomic E-state index is -1.41. The van der Waals surface area contributed by atoms with Crippen molar-refractivity contribution in [1.29, 1.82) is 0 Å². The van der Waals surface area contributed by atoms with Gasteiger partial charge in [0.2, 0.25) is 5.91 Å². The fourth-order valence-electron chi connectivity index (χ4n) is 1.89. The molecule has 2 aromatic carbocycles. The van der Waals surface area contributed by atoms with Crippen molar-refractivity contribution in [2.75, 3.05) is 17.7 Å².